The van der Waals surface area contributed by atoms with Gasteiger partial charge >= 0.3 is 5.97 Å². The van der Waals surface area contributed by atoms with Gasteiger partial charge in [0, 0.05) is 13.0 Å². The number of rotatable bonds is 12. The molecule has 0 spiro atoms. The maximum Gasteiger partial charge on any atom is 0.329 e. The fraction of sp³-hybridized carbons (Fsp3) is 0.574. The Hall–Kier alpha value is -5.80. The highest BCUT2D eigenvalue weighted by Crippen LogP contribution is 2.22. The lowest BCUT2D eigenvalue weighted by Gasteiger charge is -2.32. The Labute approximate surface area is 371 Å². The second-order valence-corrected chi connectivity index (χ2v) is 17.9. The largest absolute Gasteiger partial charge is 0.458 e. The van der Waals surface area contributed by atoms with Crippen LogP contribution < -0.4 is 31.9 Å². The molecule has 9 atom stereocenters. The quantitative estimate of drug-likeness (QED) is 0.172. The average Bonchev–Trinajstić information content (AvgIpc) is 3.74. The van der Waals surface area contributed by atoms with E-state index >= 15 is 0 Å². The van der Waals surface area contributed by atoms with E-state index in [0.29, 0.717) is 24.8 Å². The van der Waals surface area contributed by atoms with Crippen LogP contribution in [0.15, 0.2) is 60.7 Å². The third kappa shape index (κ3) is 13.6. The number of ether oxygens (including phenoxy) is 1. The Balaban J connectivity index is 1.79. The van der Waals surface area contributed by atoms with Crippen molar-refractivity contribution in [2.45, 2.75) is 143 Å². The van der Waals surface area contributed by atoms with Gasteiger partial charge < -0.3 is 41.5 Å². The minimum Gasteiger partial charge on any atom is -0.458 e. The highest BCUT2D eigenvalue weighted by Gasteiger charge is 2.43. The van der Waals surface area contributed by atoms with E-state index in [1.807, 2.05) is 13.0 Å². The van der Waals surface area contributed by atoms with E-state index in [4.69, 9.17) is 4.74 Å². The monoisotopic (exact) mass is 874 g/mol. The van der Waals surface area contributed by atoms with Crippen LogP contribution in [0.25, 0.3) is 0 Å². The number of hydrogen-bond donors (Lipinski definition) is 6. The van der Waals surface area contributed by atoms with Gasteiger partial charge in [0.2, 0.25) is 41.4 Å². The summed E-state index contributed by atoms with van der Waals surface area (Å²) >= 11 is 0. The van der Waals surface area contributed by atoms with Crippen LogP contribution in [0.2, 0.25) is 0 Å². The van der Waals surface area contributed by atoms with Gasteiger partial charge in [-0.3, -0.25) is 33.6 Å². The van der Waals surface area contributed by atoms with Gasteiger partial charge in [-0.05, 0) is 54.6 Å². The second-order valence-electron chi connectivity index (χ2n) is 17.9. The number of carbonyl (C=O) groups is 8. The standard InChI is InChI=1S/C47H67N7O9/c1-10-29(8)39-44(59)51-38(28(6)7)47(62)63-30(9)40(53-42(57)36(26(2)3)49-35(55)25-32-20-15-12-16-21-32)45(60)48-33(24-31-18-13-11-14-19-31)46(61)54-23-17-22-34(54)41(56)50-37(27(4)5)43(58)52-39/h11-16,18-21,26-30,33-34,36-40H,10,17,22-25H2,1-9H3,(H,48,60)(H,49,55)(H,50,56)(H,51,59)(H,52,58)(H,53,57)/t29?,30-,33-,34+,36+,37+,38+,39+,40+/m1/s1. The number of amides is 7. The molecule has 16 nitrogen and oxygen atoms in total. The summed E-state index contributed by atoms with van der Waals surface area (Å²) in [5, 5.41) is 16.7. The first-order chi connectivity index (χ1) is 29.8. The molecule has 0 aliphatic carbocycles. The first kappa shape index (κ1) is 49.9. The van der Waals surface area contributed by atoms with Gasteiger partial charge in [0.05, 0.1) is 6.42 Å². The van der Waals surface area contributed by atoms with Gasteiger partial charge in [-0.1, -0.05) is 122 Å². The van der Waals surface area contributed by atoms with E-state index in [0.717, 1.165) is 5.56 Å². The zero-order valence-corrected chi connectivity index (χ0v) is 38.1. The number of hydrogen-bond acceptors (Lipinski definition) is 9. The number of benzene rings is 2. The third-order valence-electron chi connectivity index (χ3n) is 11.8. The van der Waals surface area contributed by atoms with Crippen LogP contribution >= 0.6 is 0 Å². The van der Waals surface area contributed by atoms with Gasteiger partial charge in [-0.2, -0.15) is 0 Å². The van der Waals surface area contributed by atoms with Crippen molar-refractivity contribution in [2.24, 2.45) is 23.7 Å². The van der Waals surface area contributed by atoms with Gasteiger partial charge in [0.15, 0.2) is 0 Å². The lowest BCUT2D eigenvalue weighted by molar-refractivity contribution is -0.157. The molecule has 0 saturated carbocycles. The Morgan fingerprint density at radius 2 is 1.29 bits per heavy atom. The van der Waals surface area contributed by atoms with Crippen LogP contribution in [0.1, 0.15) is 92.7 Å². The fourth-order valence-electron chi connectivity index (χ4n) is 7.79. The Morgan fingerprint density at radius 1 is 0.730 bits per heavy atom. The Bertz CT molecular complexity index is 1930. The molecule has 344 valence electrons. The van der Waals surface area contributed by atoms with Crippen molar-refractivity contribution in [3.63, 3.8) is 0 Å². The van der Waals surface area contributed by atoms with Gasteiger partial charge in [-0.15, -0.1) is 0 Å². The van der Waals surface area contributed by atoms with Crippen LogP contribution in [0.4, 0.5) is 0 Å². The third-order valence-corrected chi connectivity index (χ3v) is 11.8. The van der Waals surface area contributed by atoms with E-state index in [1.165, 1.54) is 11.8 Å². The molecule has 2 heterocycles. The molecule has 1 unspecified atom stereocenters. The fourth-order valence-corrected chi connectivity index (χ4v) is 7.79. The first-order valence-corrected chi connectivity index (χ1v) is 22.2. The van der Waals surface area contributed by atoms with Crippen molar-refractivity contribution in [3.8, 4) is 0 Å². The minimum atomic E-state index is -1.61. The smallest absolute Gasteiger partial charge is 0.329 e. The van der Waals surface area contributed by atoms with Crippen molar-refractivity contribution in [1.82, 2.24) is 36.8 Å². The maximum atomic E-state index is 14.7. The molecule has 2 aromatic carbocycles. The van der Waals surface area contributed by atoms with Crippen LogP contribution in [0.3, 0.4) is 0 Å². The number of nitrogens with zero attached hydrogens (tertiary/aromatic N) is 1. The summed E-state index contributed by atoms with van der Waals surface area (Å²) in [6.07, 6.45) is -0.137. The maximum absolute atomic E-state index is 14.7. The van der Waals surface area contributed by atoms with Crippen LogP contribution in [-0.2, 0) is 55.9 Å². The summed E-state index contributed by atoms with van der Waals surface area (Å²) in [7, 11) is 0. The number of nitrogens with one attached hydrogen (secondary N) is 6. The molecular weight excluding hydrogens is 807 g/mol. The molecule has 0 radical (unpaired) electrons. The van der Waals surface area contributed by atoms with Crippen LogP contribution in [0, 0.1) is 23.7 Å². The summed E-state index contributed by atoms with van der Waals surface area (Å²) in [6, 6.07) is 9.52. The summed E-state index contributed by atoms with van der Waals surface area (Å²) in [4.78, 5) is 114. The van der Waals surface area contributed by atoms with E-state index in [1.54, 1.807) is 103 Å². The average molecular weight is 874 g/mol. The van der Waals surface area contributed by atoms with Gasteiger partial charge in [0.25, 0.3) is 0 Å². The van der Waals surface area contributed by atoms with Crippen molar-refractivity contribution in [2.75, 3.05) is 6.54 Å². The second kappa shape index (κ2) is 23.0. The molecular formula is C47H67N7O9. The number of cyclic esters (lactones) is 1. The number of esters is 1. The van der Waals surface area contributed by atoms with Crippen molar-refractivity contribution in [3.05, 3.63) is 71.8 Å². The molecule has 7 amide bonds. The molecule has 2 aromatic rings. The Kier molecular flexibility index (Phi) is 18.2. The van der Waals surface area contributed by atoms with Crippen molar-refractivity contribution < 1.29 is 43.1 Å². The first-order valence-electron chi connectivity index (χ1n) is 22.2. The zero-order chi connectivity index (χ0) is 46.5. The summed E-state index contributed by atoms with van der Waals surface area (Å²) in [6.45, 7) is 15.6. The topological polar surface area (TPSA) is 221 Å². The predicted molar refractivity (Wildman–Crippen MR) is 236 cm³/mol. The molecule has 63 heavy (non-hydrogen) atoms. The summed E-state index contributed by atoms with van der Waals surface area (Å²) in [5.74, 6) is -7.14. The highest BCUT2D eigenvalue weighted by molar-refractivity contribution is 5.98. The predicted octanol–water partition coefficient (Wildman–Crippen LogP) is 2.33. The number of carbonyl (C=O) groups excluding carboxylic acids is 8. The molecule has 2 saturated heterocycles. The molecule has 6 N–H and O–H groups in total. The van der Waals surface area contributed by atoms with Crippen LogP contribution in [0.5, 0.6) is 0 Å². The summed E-state index contributed by atoms with van der Waals surface area (Å²) in [5.41, 5.74) is 1.42. The lowest BCUT2D eigenvalue weighted by Crippen LogP contribution is -2.62. The molecule has 16 heteroatoms. The number of fused-ring (bicyclic) bond motifs is 1. The van der Waals surface area contributed by atoms with Crippen molar-refractivity contribution >= 4 is 47.3 Å². The van der Waals surface area contributed by atoms with E-state index in [2.05, 4.69) is 31.9 Å². The zero-order valence-electron chi connectivity index (χ0n) is 38.1. The van der Waals surface area contributed by atoms with Gasteiger partial charge in [0.1, 0.15) is 48.4 Å². The highest BCUT2D eigenvalue weighted by atomic mass is 16.5. The SMILES string of the molecule is CCC(C)[C@@H]1NC(=O)[C@H](C(C)C)NC(=O)[C@@H]2CCCN2C(=O)[C@@H](Cc2ccccc2)NC(=O)[C@@H](NC(=O)[C@@H](NC(=O)Cc2ccccc2)C(C)C)[C@@H](C)OC(=O)[C@H](C(C)C)NC1=O. The summed E-state index contributed by atoms with van der Waals surface area (Å²) < 4.78 is 5.92. The van der Waals surface area contributed by atoms with Crippen molar-refractivity contribution in [1.29, 1.82) is 0 Å². The molecule has 4 rings (SSSR count). The molecule has 2 fully saturated rings. The molecule has 0 bridgehead atoms. The molecule has 2 aliphatic rings. The Morgan fingerprint density at radius 3 is 1.86 bits per heavy atom. The van der Waals surface area contributed by atoms with E-state index in [-0.39, 0.29) is 19.4 Å². The van der Waals surface area contributed by atoms with E-state index in [9.17, 15) is 38.4 Å². The van der Waals surface area contributed by atoms with Gasteiger partial charge in [-0.25, -0.2) is 4.79 Å². The minimum absolute atomic E-state index is 0.00390. The van der Waals surface area contributed by atoms with Crippen LogP contribution in [-0.4, -0.2) is 107 Å². The molecule has 0 aromatic heterocycles. The van der Waals surface area contributed by atoms with E-state index < -0.39 is 119 Å². The molecule has 2 aliphatic heterocycles. The normalized spacial score (nSPS) is 25.3. The lowest BCUT2D eigenvalue weighted by atomic mass is 9.95.